The van der Waals surface area contributed by atoms with Gasteiger partial charge in [0.1, 0.15) is 32.2 Å². The van der Waals surface area contributed by atoms with Crippen LogP contribution in [0.4, 0.5) is 10.2 Å². The summed E-state index contributed by atoms with van der Waals surface area (Å²) in [5, 5.41) is 9.38. The molecule has 4 rings (SSSR count). The maximum Gasteiger partial charge on any atom is 0.217 e. The van der Waals surface area contributed by atoms with Gasteiger partial charge in [-0.15, -0.1) is 0 Å². The molecule has 3 heterocycles. The number of amides is 2. The molecule has 1 unspecified atom stereocenters. The maximum atomic E-state index is 14.4. The normalized spacial score (nSPS) is 12.2. The van der Waals surface area contributed by atoms with Gasteiger partial charge in [0.15, 0.2) is 5.82 Å². The number of aryl methyl sites for hydroxylation is 1. The van der Waals surface area contributed by atoms with Crippen LogP contribution in [0.25, 0.3) is 32.0 Å². The lowest BCUT2D eigenvalue weighted by Crippen LogP contribution is -2.26. The van der Waals surface area contributed by atoms with Crippen molar-refractivity contribution in [3.63, 3.8) is 0 Å². The van der Waals surface area contributed by atoms with Gasteiger partial charge in [0.05, 0.1) is 12.4 Å². The summed E-state index contributed by atoms with van der Waals surface area (Å²) in [7, 11) is 1.89. The molecule has 1 aromatic carbocycles. The highest BCUT2D eigenvalue weighted by Gasteiger charge is 2.19. The fourth-order valence-electron chi connectivity index (χ4n) is 3.64. The first-order valence-electron chi connectivity index (χ1n) is 10.4. The third-order valence-corrected chi connectivity index (χ3v) is 6.13. The lowest BCUT2D eigenvalue weighted by atomic mass is 10.0. The topological polar surface area (TPSA) is 114 Å². The van der Waals surface area contributed by atoms with Crippen molar-refractivity contribution in [2.45, 2.75) is 26.8 Å². The van der Waals surface area contributed by atoms with Crippen LogP contribution in [0.2, 0.25) is 0 Å². The number of benzene rings is 1. The Morgan fingerprint density at radius 1 is 1.15 bits per heavy atom. The zero-order valence-electron chi connectivity index (χ0n) is 18.7. The summed E-state index contributed by atoms with van der Waals surface area (Å²) in [5.41, 5.74) is 3.35. The van der Waals surface area contributed by atoms with Gasteiger partial charge in [0.2, 0.25) is 11.8 Å². The molecule has 172 valence electrons. The average Bonchev–Trinajstić information content (AvgIpc) is 3.34. The monoisotopic (exact) mass is 469 g/mol. The number of fused-ring (bicyclic) bond motifs is 3. The van der Waals surface area contributed by atoms with E-state index in [2.05, 4.69) is 20.9 Å². The van der Waals surface area contributed by atoms with Crippen molar-refractivity contribution in [3.05, 3.63) is 35.9 Å². The van der Waals surface area contributed by atoms with Crippen molar-refractivity contribution in [2.24, 2.45) is 7.05 Å². The number of anilines is 1. The number of nitrogens with one attached hydrogen (secondary N) is 3. The van der Waals surface area contributed by atoms with Gasteiger partial charge < -0.3 is 20.5 Å². The zero-order chi connectivity index (χ0) is 23.7. The summed E-state index contributed by atoms with van der Waals surface area (Å²) in [6.07, 6.45) is 1.70. The predicted octanol–water partition coefficient (Wildman–Crippen LogP) is 3.13. The molecule has 3 aromatic heterocycles. The first kappa shape index (κ1) is 22.6. The highest BCUT2D eigenvalue weighted by Crippen LogP contribution is 2.36. The SMILES string of the molecule is CC(=O)NCCNc1nc2sc(-c3ccc(F)c(C(C)NC(C)=O)c3)nc2c2c1ncn2C. The van der Waals surface area contributed by atoms with Gasteiger partial charge in [-0.1, -0.05) is 11.3 Å². The number of rotatable bonds is 7. The summed E-state index contributed by atoms with van der Waals surface area (Å²) in [6, 6.07) is 4.29. The molecule has 0 radical (unpaired) electrons. The van der Waals surface area contributed by atoms with Gasteiger partial charge in [-0.05, 0) is 25.1 Å². The van der Waals surface area contributed by atoms with Crippen LogP contribution in [-0.2, 0) is 16.6 Å². The summed E-state index contributed by atoms with van der Waals surface area (Å²) in [4.78, 5) is 37.2. The first-order chi connectivity index (χ1) is 15.7. The number of imidazole rings is 1. The Balaban J connectivity index is 1.74. The molecule has 9 nitrogen and oxygen atoms in total. The van der Waals surface area contributed by atoms with Crippen LogP contribution in [0.1, 0.15) is 32.4 Å². The predicted molar refractivity (Wildman–Crippen MR) is 126 cm³/mol. The van der Waals surface area contributed by atoms with E-state index in [9.17, 15) is 14.0 Å². The van der Waals surface area contributed by atoms with E-state index in [1.807, 2.05) is 11.6 Å². The third kappa shape index (κ3) is 4.63. The molecule has 0 aliphatic carbocycles. The van der Waals surface area contributed by atoms with E-state index >= 15 is 0 Å². The van der Waals surface area contributed by atoms with Gasteiger partial charge in [0.25, 0.3) is 0 Å². The maximum absolute atomic E-state index is 14.4. The number of carbonyl (C=O) groups excluding carboxylic acids is 2. The summed E-state index contributed by atoms with van der Waals surface area (Å²) < 4.78 is 16.3. The van der Waals surface area contributed by atoms with E-state index in [-0.39, 0.29) is 17.6 Å². The molecule has 0 aliphatic heterocycles. The number of pyridine rings is 1. The third-order valence-electron chi connectivity index (χ3n) is 5.13. The number of hydrogen-bond acceptors (Lipinski definition) is 7. The van der Waals surface area contributed by atoms with Crippen molar-refractivity contribution in [2.75, 3.05) is 18.4 Å². The molecule has 0 bridgehead atoms. The Morgan fingerprint density at radius 3 is 2.67 bits per heavy atom. The number of nitrogens with zero attached hydrogens (tertiary/aromatic N) is 4. The Labute approximate surface area is 193 Å². The van der Waals surface area contributed by atoms with Crippen molar-refractivity contribution in [1.82, 2.24) is 30.2 Å². The van der Waals surface area contributed by atoms with Crippen molar-refractivity contribution in [3.8, 4) is 10.6 Å². The molecule has 11 heteroatoms. The van der Waals surface area contributed by atoms with E-state index in [1.54, 1.807) is 25.4 Å². The molecule has 4 aromatic rings. The Kier molecular flexibility index (Phi) is 6.23. The summed E-state index contributed by atoms with van der Waals surface area (Å²) in [5.74, 6) is -0.105. The van der Waals surface area contributed by atoms with Crippen LogP contribution in [0.3, 0.4) is 0 Å². The fraction of sp³-hybridized carbons (Fsp3) is 0.318. The highest BCUT2D eigenvalue weighted by molar-refractivity contribution is 7.21. The Morgan fingerprint density at radius 2 is 1.94 bits per heavy atom. The largest absolute Gasteiger partial charge is 0.366 e. The smallest absolute Gasteiger partial charge is 0.217 e. The highest BCUT2D eigenvalue weighted by atomic mass is 32.1. The minimum atomic E-state index is -0.474. The molecule has 0 fully saturated rings. The molecule has 0 saturated carbocycles. The zero-order valence-corrected chi connectivity index (χ0v) is 19.5. The molecule has 1 atom stereocenters. The lowest BCUT2D eigenvalue weighted by Gasteiger charge is -2.14. The van der Waals surface area contributed by atoms with Gasteiger partial charge in [-0.2, -0.15) is 0 Å². The Hall–Kier alpha value is -3.60. The van der Waals surface area contributed by atoms with Gasteiger partial charge >= 0.3 is 0 Å². The first-order valence-corrected chi connectivity index (χ1v) is 11.2. The van der Waals surface area contributed by atoms with E-state index in [4.69, 9.17) is 9.97 Å². The molecular formula is C22H24FN7O2S. The second-order valence-electron chi connectivity index (χ2n) is 7.75. The van der Waals surface area contributed by atoms with E-state index in [1.165, 1.54) is 31.3 Å². The van der Waals surface area contributed by atoms with Crippen molar-refractivity contribution >= 4 is 50.3 Å². The van der Waals surface area contributed by atoms with Crippen molar-refractivity contribution < 1.29 is 14.0 Å². The minimum absolute atomic E-state index is 0.0956. The van der Waals surface area contributed by atoms with Crippen molar-refractivity contribution in [1.29, 1.82) is 0 Å². The van der Waals surface area contributed by atoms with E-state index < -0.39 is 6.04 Å². The molecule has 0 spiro atoms. The van der Waals surface area contributed by atoms with E-state index in [0.717, 1.165) is 11.1 Å². The van der Waals surface area contributed by atoms with Crippen LogP contribution in [0.15, 0.2) is 24.5 Å². The lowest BCUT2D eigenvalue weighted by molar-refractivity contribution is -0.120. The standard InChI is InChI=1S/C22H24FN7O2S/c1-11(27-13(3)32)15-9-14(5-6-16(15)23)21-28-18-19-17(26-10-30(19)4)20(29-22(18)33-21)25-8-7-24-12(2)31/h5-6,9-11H,7-8H2,1-4H3,(H,24,31)(H,25,29)(H,27,32). The number of aromatic nitrogens is 4. The van der Waals surface area contributed by atoms with Crippen LogP contribution in [-0.4, -0.2) is 44.4 Å². The second kappa shape index (κ2) is 9.10. The number of carbonyl (C=O) groups is 2. The molecule has 0 saturated heterocycles. The molecule has 2 amide bonds. The van der Waals surface area contributed by atoms with Gasteiger partial charge in [-0.25, -0.2) is 19.3 Å². The minimum Gasteiger partial charge on any atom is -0.366 e. The second-order valence-corrected chi connectivity index (χ2v) is 8.73. The van der Waals surface area contributed by atoms with Crippen LogP contribution in [0, 0.1) is 5.82 Å². The molecular weight excluding hydrogens is 445 g/mol. The fourth-order valence-corrected chi connectivity index (χ4v) is 4.58. The quantitative estimate of drug-likeness (QED) is 0.359. The van der Waals surface area contributed by atoms with Gasteiger partial charge in [0, 0.05) is 45.1 Å². The number of halogens is 1. The number of thiazole rings is 1. The van der Waals surface area contributed by atoms with Crippen LogP contribution < -0.4 is 16.0 Å². The number of hydrogen-bond donors (Lipinski definition) is 3. The van der Waals surface area contributed by atoms with E-state index in [0.29, 0.717) is 45.3 Å². The van der Waals surface area contributed by atoms with Gasteiger partial charge in [-0.3, -0.25) is 9.59 Å². The summed E-state index contributed by atoms with van der Waals surface area (Å²) >= 11 is 1.39. The van der Waals surface area contributed by atoms with Crippen LogP contribution >= 0.6 is 11.3 Å². The Bertz CT molecular complexity index is 1360. The molecule has 0 aliphatic rings. The molecule has 33 heavy (non-hydrogen) atoms. The summed E-state index contributed by atoms with van der Waals surface area (Å²) in [6.45, 7) is 5.57. The average molecular weight is 470 g/mol. The molecule has 3 N–H and O–H groups in total. The van der Waals surface area contributed by atoms with Crippen LogP contribution in [0.5, 0.6) is 0 Å².